The van der Waals surface area contributed by atoms with E-state index in [2.05, 4.69) is 26.1 Å². The molecular formula is C12H6BrFN2O2S. The van der Waals surface area contributed by atoms with E-state index >= 15 is 0 Å². The number of hydrogen-bond acceptors (Lipinski definition) is 5. The normalized spacial score (nSPS) is 10.8. The number of aromatic nitrogens is 2. The molecule has 0 radical (unpaired) electrons. The van der Waals surface area contributed by atoms with E-state index in [0.717, 1.165) is 21.5 Å². The molecule has 1 aromatic carbocycles. The molecule has 0 aliphatic heterocycles. The molecule has 2 heterocycles. The van der Waals surface area contributed by atoms with E-state index in [1.807, 2.05) is 11.4 Å². The van der Waals surface area contributed by atoms with Gasteiger partial charge in [-0.1, -0.05) is 5.16 Å². The zero-order valence-corrected chi connectivity index (χ0v) is 11.7. The fourth-order valence-corrected chi connectivity index (χ4v) is 2.89. The summed E-state index contributed by atoms with van der Waals surface area (Å²) in [4.78, 5) is 4.97. The molecule has 0 atom stereocenters. The van der Waals surface area contributed by atoms with Gasteiger partial charge in [-0.05, 0) is 40.2 Å². The molecule has 0 saturated carbocycles. The minimum Gasteiger partial charge on any atom is -0.507 e. The molecule has 4 nitrogen and oxygen atoms in total. The molecule has 0 spiro atoms. The number of thiophene rings is 1. The van der Waals surface area contributed by atoms with Crippen LogP contribution in [-0.2, 0) is 0 Å². The van der Waals surface area contributed by atoms with Gasteiger partial charge in [-0.15, -0.1) is 11.3 Å². The second-order valence-corrected chi connectivity index (χ2v) is 5.54. The molecule has 1 N–H and O–H groups in total. The second kappa shape index (κ2) is 4.75. The van der Waals surface area contributed by atoms with Crippen molar-refractivity contribution in [3.63, 3.8) is 0 Å². The first kappa shape index (κ1) is 12.3. The number of hydrogen-bond donors (Lipinski definition) is 1. The lowest BCUT2D eigenvalue weighted by atomic mass is 10.2. The van der Waals surface area contributed by atoms with Gasteiger partial charge in [0.2, 0.25) is 5.82 Å². The summed E-state index contributed by atoms with van der Waals surface area (Å²) in [5.74, 6) is -0.110. The second-order valence-electron chi connectivity index (χ2n) is 3.71. The van der Waals surface area contributed by atoms with Crippen LogP contribution in [0.5, 0.6) is 5.75 Å². The lowest BCUT2D eigenvalue weighted by molar-refractivity contribution is 0.425. The number of phenols is 1. The quantitative estimate of drug-likeness (QED) is 0.763. The first-order valence-electron chi connectivity index (χ1n) is 5.20. The topological polar surface area (TPSA) is 59.2 Å². The lowest BCUT2D eigenvalue weighted by Crippen LogP contribution is -1.82. The monoisotopic (exact) mass is 340 g/mol. The molecule has 7 heteroatoms. The third-order valence-corrected chi connectivity index (χ3v) is 4.09. The van der Waals surface area contributed by atoms with Crippen LogP contribution in [0.25, 0.3) is 22.2 Å². The molecule has 0 fully saturated rings. The van der Waals surface area contributed by atoms with Crippen LogP contribution in [0.2, 0.25) is 0 Å². The maximum Gasteiger partial charge on any atom is 0.262 e. The molecule has 19 heavy (non-hydrogen) atoms. The van der Waals surface area contributed by atoms with Crippen LogP contribution >= 0.6 is 27.3 Å². The van der Waals surface area contributed by atoms with Crippen molar-refractivity contribution in [1.29, 1.82) is 0 Å². The van der Waals surface area contributed by atoms with Crippen LogP contribution in [0, 0.1) is 5.82 Å². The predicted octanol–water partition coefficient (Wildman–Crippen LogP) is 4.07. The van der Waals surface area contributed by atoms with Gasteiger partial charge in [0.15, 0.2) is 0 Å². The first-order valence-corrected chi connectivity index (χ1v) is 6.88. The number of aromatic hydroxyl groups is 1. The Morgan fingerprint density at radius 2 is 2.16 bits per heavy atom. The van der Waals surface area contributed by atoms with E-state index in [4.69, 9.17) is 4.52 Å². The third kappa shape index (κ3) is 2.39. The number of phenolic OH excluding ortho intramolecular Hbond substituents is 1. The summed E-state index contributed by atoms with van der Waals surface area (Å²) in [5.41, 5.74) is 0.175. The van der Waals surface area contributed by atoms with E-state index in [-0.39, 0.29) is 17.2 Å². The highest BCUT2D eigenvalue weighted by atomic mass is 79.9. The minimum absolute atomic E-state index is 0.0801. The Bertz CT molecular complexity index is 741. The fraction of sp³-hybridized carbons (Fsp3) is 0. The van der Waals surface area contributed by atoms with Gasteiger partial charge in [0, 0.05) is 9.85 Å². The van der Waals surface area contributed by atoms with Gasteiger partial charge in [-0.3, -0.25) is 0 Å². The van der Waals surface area contributed by atoms with Crippen LogP contribution in [0.4, 0.5) is 4.39 Å². The SMILES string of the molecule is Oc1ccc(F)cc1-c1nc(-c2cc(Br)cs2)no1. The predicted molar refractivity (Wildman–Crippen MR) is 72.4 cm³/mol. The number of benzene rings is 1. The summed E-state index contributed by atoms with van der Waals surface area (Å²) in [5, 5.41) is 15.4. The summed E-state index contributed by atoms with van der Waals surface area (Å²) in [6, 6.07) is 5.41. The van der Waals surface area contributed by atoms with E-state index in [1.165, 1.54) is 17.4 Å². The van der Waals surface area contributed by atoms with Gasteiger partial charge in [-0.2, -0.15) is 4.98 Å². The van der Waals surface area contributed by atoms with Crippen LogP contribution in [0.15, 0.2) is 38.6 Å². The number of rotatable bonds is 2. The van der Waals surface area contributed by atoms with Gasteiger partial charge in [0.05, 0.1) is 10.4 Å². The smallest absolute Gasteiger partial charge is 0.262 e. The molecular weight excluding hydrogens is 335 g/mol. The van der Waals surface area contributed by atoms with Gasteiger partial charge >= 0.3 is 0 Å². The molecule has 0 aliphatic carbocycles. The summed E-state index contributed by atoms with van der Waals surface area (Å²) >= 11 is 4.79. The van der Waals surface area contributed by atoms with Crippen molar-refractivity contribution in [3.8, 4) is 27.9 Å². The van der Waals surface area contributed by atoms with Crippen molar-refractivity contribution < 1.29 is 14.0 Å². The molecule has 0 bridgehead atoms. The minimum atomic E-state index is -0.480. The Morgan fingerprint density at radius 1 is 1.32 bits per heavy atom. The van der Waals surface area contributed by atoms with Gasteiger partial charge in [0.25, 0.3) is 5.89 Å². The van der Waals surface area contributed by atoms with E-state index in [1.54, 1.807) is 0 Å². The highest BCUT2D eigenvalue weighted by molar-refractivity contribution is 9.10. The Morgan fingerprint density at radius 3 is 2.89 bits per heavy atom. The summed E-state index contributed by atoms with van der Waals surface area (Å²) in [6.45, 7) is 0. The molecule has 0 saturated heterocycles. The van der Waals surface area contributed by atoms with Crippen LogP contribution in [-0.4, -0.2) is 15.2 Å². The summed E-state index contributed by atoms with van der Waals surface area (Å²) < 4.78 is 19.1. The molecule has 96 valence electrons. The lowest BCUT2D eigenvalue weighted by Gasteiger charge is -1.98. The highest BCUT2D eigenvalue weighted by Gasteiger charge is 2.15. The molecule has 0 aliphatic rings. The number of halogens is 2. The molecule has 3 rings (SSSR count). The average Bonchev–Trinajstić information content (AvgIpc) is 3.00. The van der Waals surface area contributed by atoms with Crippen molar-refractivity contribution in [2.75, 3.05) is 0 Å². The summed E-state index contributed by atoms with van der Waals surface area (Å²) in [7, 11) is 0. The summed E-state index contributed by atoms with van der Waals surface area (Å²) in [6.07, 6.45) is 0. The van der Waals surface area contributed by atoms with Gasteiger partial charge in [0.1, 0.15) is 11.6 Å². The van der Waals surface area contributed by atoms with Crippen molar-refractivity contribution >= 4 is 27.3 Å². The molecule has 3 aromatic rings. The van der Waals surface area contributed by atoms with E-state index in [9.17, 15) is 9.50 Å². The van der Waals surface area contributed by atoms with Crippen molar-refractivity contribution in [2.24, 2.45) is 0 Å². The molecule has 2 aromatic heterocycles. The largest absolute Gasteiger partial charge is 0.507 e. The van der Waals surface area contributed by atoms with Crippen molar-refractivity contribution in [1.82, 2.24) is 10.1 Å². The number of nitrogens with zero attached hydrogens (tertiary/aromatic N) is 2. The van der Waals surface area contributed by atoms with Crippen molar-refractivity contribution in [3.05, 3.63) is 39.9 Å². The fourth-order valence-electron chi connectivity index (χ4n) is 1.54. The molecule has 0 unspecified atom stereocenters. The zero-order chi connectivity index (χ0) is 13.4. The maximum atomic E-state index is 13.2. The Labute approximate surface area is 119 Å². The third-order valence-electron chi connectivity index (χ3n) is 2.40. The van der Waals surface area contributed by atoms with Gasteiger partial charge in [-0.25, -0.2) is 4.39 Å². The molecule has 0 amide bonds. The van der Waals surface area contributed by atoms with E-state index in [0.29, 0.717) is 5.82 Å². The highest BCUT2D eigenvalue weighted by Crippen LogP contribution is 2.32. The Kier molecular flexibility index (Phi) is 3.08. The maximum absolute atomic E-state index is 13.2. The Hall–Kier alpha value is -1.73. The Balaban J connectivity index is 2.03. The van der Waals surface area contributed by atoms with Crippen LogP contribution in [0.1, 0.15) is 0 Å². The van der Waals surface area contributed by atoms with E-state index < -0.39 is 5.82 Å². The zero-order valence-electron chi connectivity index (χ0n) is 9.30. The van der Waals surface area contributed by atoms with Crippen LogP contribution in [0.3, 0.4) is 0 Å². The average molecular weight is 341 g/mol. The first-order chi connectivity index (χ1) is 9.13. The standard InChI is InChI=1S/C12H6BrFN2O2S/c13-6-3-10(19-5-6)11-15-12(18-16-11)8-4-7(14)1-2-9(8)17/h1-5,17H. The van der Waals surface area contributed by atoms with Gasteiger partial charge < -0.3 is 9.63 Å². The van der Waals surface area contributed by atoms with Crippen LogP contribution < -0.4 is 0 Å². The van der Waals surface area contributed by atoms with Crippen molar-refractivity contribution in [2.45, 2.75) is 0 Å².